The first-order valence-corrected chi connectivity index (χ1v) is 13.8. The van der Waals surface area contributed by atoms with Crippen molar-refractivity contribution in [1.82, 2.24) is 4.57 Å². The van der Waals surface area contributed by atoms with Gasteiger partial charge in [-0.1, -0.05) is 36.8 Å². The standard InChI is InChI=1S/C30H32N2O8S/c1-7-8-13-39-21-11-9-19(14-23(21)36-4)15-25-28(34)32-27(26(29(35)38-6)17(2)31-30(32)41-25)20-10-12-22(40-18(3)33)24(16-20)37-5/h9-12,14-16,27H,7-8,13H2,1-6H3/b25-15-. The highest BCUT2D eigenvalue weighted by Gasteiger charge is 2.33. The van der Waals surface area contributed by atoms with Crippen molar-refractivity contribution in [3.8, 4) is 23.0 Å². The first-order chi connectivity index (χ1) is 19.7. The van der Waals surface area contributed by atoms with E-state index in [4.69, 9.17) is 23.7 Å². The summed E-state index contributed by atoms with van der Waals surface area (Å²) >= 11 is 1.21. The van der Waals surface area contributed by atoms with Gasteiger partial charge in [-0.15, -0.1) is 0 Å². The molecule has 216 valence electrons. The van der Waals surface area contributed by atoms with Crippen LogP contribution in [0.1, 0.15) is 50.8 Å². The van der Waals surface area contributed by atoms with Gasteiger partial charge >= 0.3 is 11.9 Å². The number of benzene rings is 2. The Morgan fingerprint density at radius 1 is 1.02 bits per heavy atom. The van der Waals surface area contributed by atoms with Crippen LogP contribution >= 0.6 is 11.3 Å². The minimum absolute atomic E-state index is 0.212. The molecule has 1 aliphatic rings. The van der Waals surface area contributed by atoms with Crippen LogP contribution in [0.5, 0.6) is 23.0 Å². The maximum absolute atomic E-state index is 13.9. The quantitative estimate of drug-likeness (QED) is 0.203. The van der Waals surface area contributed by atoms with Crippen molar-refractivity contribution in [2.24, 2.45) is 4.99 Å². The minimum atomic E-state index is -0.856. The van der Waals surface area contributed by atoms with Gasteiger partial charge in [0.2, 0.25) is 0 Å². The number of carbonyl (C=O) groups excluding carboxylic acids is 2. The fourth-order valence-corrected chi connectivity index (χ4v) is 5.52. The zero-order valence-electron chi connectivity index (χ0n) is 23.8. The number of carbonyl (C=O) groups is 2. The van der Waals surface area contributed by atoms with Gasteiger partial charge in [-0.25, -0.2) is 9.79 Å². The van der Waals surface area contributed by atoms with Crippen LogP contribution in [-0.4, -0.2) is 44.4 Å². The second kappa shape index (κ2) is 12.9. The molecule has 10 nitrogen and oxygen atoms in total. The molecule has 0 saturated heterocycles. The first kappa shape index (κ1) is 29.6. The highest BCUT2D eigenvalue weighted by atomic mass is 32.1. The van der Waals surface area contributed by atoms with Crippen molar-refractivity contribution in [3.05, 3.63) is 78.5 Å². The van der Waals surface area contributed by atoms with Gasteiger partial charge in [0.1, 0.15) is 0 Å². The largest absolute Gasteiger partial charge is 0.493 e. The number of allylic oxidation sites excluding steroid dienone is 1. The molecule has 2 aromatic carbocycles. The smallest absolute Gasteiger partial charge is 0.338 e. The third-order valence-corrected chi connectivity index (χ3v) is 7.41. The molecule has 0 N–H and O–H groups in total. The molecular weight excluding hydrogens is 548 g/mol. The zero-order chi connectivity index (χ0) is 29.7. The van der Waals surface area contributed by atoms with E-state index in [1.807, 2.05) is 12.1 Å². The number of aromatic nitrogens is 1. The summed E-state index contributed by atoms with van der Waals surface area (Å²) in [5.74, 6) is 0.553. The predicted octanol–water partition coefficient (Wildman–Crippen LogP) is 3.53. The second-order valence-electron chi connectivity index (χ2n) is 9.19. The molecule has 1 atom stereocenters. The van der Waals surface area contributed by atoms with E-state index in [1.165, 1.54) is 37.0 Å². The SMILES string of the molecule is CCCCOc1ccc(/C=c2\sc3n(c2=O)C(c2ccc(OC(C)=O)c(OC)c2)C(C(=O)OC)=C(C)N=3)cc1OC. The predicted molar refractivity (Wildman–Crippen MR) is 153 cm³/mol. The van der Waals surface area contributed by atoms with Crippen LogP contribution in [0, 0.1) is 0 Å². The van der Waals surface area contributed by atoms with Crippen LogP contribution in [0.4, 0.5) is 0 Å². The molecule has 1 aromatic heterocycles. The number of esters is 2. The van der Waals surface area contributed by atoms with E-state index < -0.39 is 18.0 Å². The molecule has 0 fully saturated rings. The average molecular weight is 581 g/mol. The first-order valence-electron chi connectivity index (χ1n) is 13.0. The number of hydrogen-bond donors (Lipinski definition) is 0. The van der Waals surface area contributed by atoms with Crippen molar-refractivity contribution >= 4 is 29.4 Å². The lowest BCUT2D eigenvalue weighted by Crippen LogP contribution is -2.39. The van der Waals surface area contributed by atoms with Gasteiger partial charge in [-0.3, -0.25) is 14.2 Å². The van der Waals surface area contributed by atoms with E-state index in [0.717, 1.165) is 18.4 Å². The molecule has 0 spiro atoms. The van der Waals surface area contributed by atoms with Crippen LogP contribution in [0.3, 0.4) is 0 Å². The molecule has 0 bridgehead atoms. The summed E-state index contributed by atoms with van der Waals surface area (Å²) in [5.41, 5.74) is 1.59. The summed E-state index contributed by atoms with van der Waals surface area (Å²) in [7, 11) is 4.28. The average Bonchev–Trinajstić information content (AvgIpc) is 3.26. The van der Waals surface area contributed by atoms with Gasteiger partial charge in [0, 0.05) is 6.92 Å². The van der Waals surface area contributed by atoms with E-state index in [9.17, 15) is 14.4 Å². The Labute approximate surface area is 241 Å². The van der Waals surface area contributed by atoms with Crippen LogP contribution in [0.15, 0.2) is 57.5 Å². The highest BCUT2D eigenvalue weighted by Crippen LogP contribution is 2.36. The van der Waals surface area contributed by atoms with Crippen molar-refractivity contribution in [2.45, 2.75) is 39.7 Å². The number of fused-ring (bicyclic) bond motifs is 1. The topological polar surface area (TPSA) is 115 Å². The number of hydrogen-bond acceptors (Lipinski definition) is 10. The van der Waals surface area contributed by atoms with Crippen molar-refractivity contribution in [3.63, 3.8) is 0 Å². The maximum Gasteiger partial charge on any atom is 0.338 e. The molecule has 1 aliphatic heterocycles. The number of nitrogens with zero attached hydrogens (tertiary/aromatic N) is 2. The second-order valence-corrected chi connectivity index (χ2v) is 10.2. The van der Waals surface area contributed by atoms with E-state index in [1.54, 1.807) is 44.4 Å². The summed E-state index contributed by atoms with van der Waals surface area (Å²) in [6.45, 7) is 5.66. The van der Waals surface area contributed by atoms with E-state index >= 15 is 0 Å². The minimum Gasteiger partial charge on any atom is -0.493 e. The summed E-state index contributed by atoms with van der Waals surface area (Å²) in [6.07, 6.45) is 3.70. The third-order valence-electron chi connectivity index (χ3n) is 6.43. The normalized spacial score (nSPS) is 14.7. The number of rotatable bonds is 10. The van der Waals surface area contributed by atoms with Gasteiger partial charge in [0.05, 0.1) is 49.8 Å². The summed E-state index contributed by atoms with van der Waals surface area (Å²) in [4.78, 5) is 43.4. The third kappa shape index (κ3) is 6.19. The van der Waals surface area contributed by atoms with Gasteiger partial charge in [0.15, 0.2) is 27.8 Å². The summed E-state index contributed by atoms with van der Waals surface area (Å²) in [5, 5.41) is 0. The lowest BCUT2D eigenvalue weighted by Gasteiger charge is -2.25. The fourth-order valence-electron chi connectivity index (χ4n) is 4.47. The van der Waals surface area contributed by atoms with Crippen LogP contribution in [-0.2, 0) is 14.3 Å². The van der Waals surface area contributed by atoms with Gasteiger partial charge < -0.3 is 23.7 Å². The van der Waals surface area contributed by atoms with Gasteiger partial charge in [-0.2, -0.15) is 0 Å². The highest BCUT2D eigenvalue weighted by molar-refractivity contribution is 7.07. The summed E-state index contributed by atoms with van der Waals surface area (Å²) in [6, 6.07) is 9.48. The Bertz CT molecular complexity index is 1690. The molecule has 0 amide bonds. The molecular formula is C30H32N2O8S. The number of ether oxygens (including phenoxy) is 5. The molecule has 41 heavy (non-hydrogen) atoms. The number of thiazole rings is 1. The Hall–Kier alpha value is -4.38. The summed E-state index contributed by atoms with van der Waals surface area (Å²) < 4.78 is 29.0. The monoisotopic (exact) mass is 580 g/mol. The molecule has 4 rings (SSSR count). The van der Waals surface area contributed by atoms with Gasteiger partial charge in [0.25, 0.3) is 5.56 Å². The Morgan fingerprint density at radius 2 is 1.73 bits per heavy atom. The fraction of sp³-hybridized carbons (Fsp3) is 0.333. The molecule has 0 radical (unpaired) electrons. The zero-order valence-corrected chi connectivity index (χ0v) is 24.6. The molecule has 0 aliphatic carbocycles. The number of unbranched alkanes of at least 4 members (excludes halogenated alkanes) is 1. The van der Waals surface area contributed by atoms with Gasteiger partial charge in [-0.05, 0) is 54.8 Å². The number of methoxy groups -OCH3 is 3. The Morgan fingerprint density at radius 3 is 2.39 bits per heavy atom. The van der Waals surface area contributed by atoms with E-state index in [0.29, 0.717) is 38.7 Å². The molecule has 0 saturated carbocycles. The molecule has 3 aromatic rings. The lowest BCUT2D eigenvalue weighted by atomic mass is 9.95. The molecule has 11 heteroatoms. The Balaban J connectivity index is 1.86. The van der Waals surface area contributed by atoms with E-state index in [-0.39, 0.29) is 22.6 Å². The van der Waals surface area contributed by atoms with Crippen molar-refractivity contribution in [2.75, 3.05) is 27.9 Å². The van der Waals surface area contributed by atoms with Crippen molar-refractivity contribution < 1.29 is 33.3 Å². The van der Waals surface area contributed by atoms with Crippen molar-refractivity contribution in [1.29, 1.82) is 0 Å². The van der Waals surface area contributed by atoms with Crippen LogP contribution in [0.2, 0.25) is 0 Å². The van der Waals surface area contributed by atoms with Crippen LogP contribution < -0.4 is 33.8 Å². The maximum atomic E-state index is 13.9. The lowest BCUT2D eigenvalue weighted by molar-refractivity contribution is -0.136. The van der Waals surface area contributed by atoms with Crippen LogP contribution in [0.25, 0.3) is 6.08 Å². The van der Waals surface area contributed by atoms with E-state index in [2.05, 4.69) is 11.9 Å². The Kier molecular flexibility index (Phi) is 9.28. The molecule has 1 unspecified atom stereocenters. The molecule has 2 heterocycles.